The summed E-state index contributed by atoms with van der Waals surface area (Å²) in [5.74, 6) is 6.89. The molecule has 2 heterocycles. The number of aliphatic hydroxyl groups excluding tert-OH is 1. The first kappa shape index (κ1) is 18.4. The lowest BCUT2D eigenvalue weighted by molar-refractivity contribution is 0.305. The monoisotopic (exact) mass is 372 g/mol. The molecule has 0 spiro atoms. The number of nitrogens with one attached hydrogen (secondary N) is 1. The SMILES string of the molecule is OCCC#Cc1ccc(CNC2CCCc3c2cnn3-c2ccccn2)cc1. The minimum absolute atomic E-state index is 0.106. The largest absolute Gasteiger partial charge is 0.395 e. The van der Waals surface area contributed by atoms with Gasteiger partial charge in [0.2, 0.25) is 0 Å². The Balaban J connectivity index is 1.44. The van der Waals surface area contributed by atoms with Crippen molar-refractivity contribution in [2.45, 2.75) is 38.3 Å². The molecule has 28 heavy (non-hydrogen) atoms. The van der Waals surface area contributed by atoms with Crippen molar-refractivity contribution in [1.29, 1.82) is 0 Å². The van der Waals surface area contributed by atoms with Crippen LogP contribution in [0.2, 0.25) is 0 Å². The van der Waals surface area contributed by atoms with Gasteiger partial charge in [-0.25, -0.2) is 9.67 Å². The molecule has 142 valence electrons. The van der Waals surface area contributed by atoms with Gasteiger partial charge in [0, 0.05) is 36.3 Å². The zero-order valence-electron chi connectivity index (χ0n) is 15.8. The molecule has 5 heteroatoms. The van der Waals surface area contributed by atoms with E-state index in [0.29, 0.717) is 12.5 Å². The molecule has 1 atom stereocenters. The van der Waals surface area contributed by atoms with Crippen LogP contribution >= 0.6 is 0 Å². The van der Waals surface area contributed by atoms with Gasteiger partial charge < -0.3 is 10.4 Å². The molecule has 3 aromatic rings. The van der Waals surface area contributed by atoms with Crippen LogP contribution in [0.3, 0.4) is 0 Å². The van der Waals surface area contributed by atoms with Gasteiger partial charge in [0.25, 0.3) is 0 Å². The number of hydrogen-bond donors (Lipinski definition) is 2. The maximum Gasteiger partial charge on any atom is 0.153 e. The quantitative estimate of drug-likeness (QED) is 0.676. The average molecular weight is 372 g/mol. The second-order valence-corrected chi connectivity index (χ2v) is 6.94. The van der Waals surface area contributed by atoms with E-state index in [0.717, 1.165) is 37.2 Å². The van der Waals surface area contributed by atoms with Crippen LogP contribution in [-0.2, 0) is 13.0 Å². The van der Waals surface area contributed by atoms with Crippen molar-refractivity contribution in [2.75, 3.05) is 6.61 Å². The summed E-state index contributed by atoms with van der Waals surface area (Å²) in [7, 11) is 0. The normalized spacial score (nSPS) is 15.5. The molecule has 4 rings (SSSR count). The first-order valence-corrected chi connectivity index (χ1v) is 9.75. The van der Waals surface area contributed by atoms with Crippen LogP contribution in [0.1, 0.15) is 47.7 Å². The second kappa shape index (κ2) is 8.83. The van der Waals surface area contributed by atoms with E-state index < -0.39 is 0 Å². The molecule has 1 aliphatic rings. The summed E-state index contributed by atoms with van der Waals surface area (Å²) in [6.07, 6.45) is 7.60. The smallest absolute Gasteiger partial charge is 0.153 e. The molecule has 0 bridgehead atoms. The summed E-state index contributed by atoms with van der Waals surface area (Å²) in [5.41, 5.74) is 4.76. The molecule has 0 radical (unpaired) electrons. The number of aliphatic hydroxyl groups is 1. The van der Waals surface area contributed by atoms with Crippen LogP contribution < -0.4 is 5.32 Å². The summed E-state index contributed by atoms with van der Waals surface area (Å²) < 4.78 is 1.98. The molecular weight excluding hydrogens is 348 g/mol. The van der Waals surface area contributed by atoms with Crippen molar-refractivity contribution >= 4 is 0 Å². The lowest BCUT2D eigenvalue weighted by atomic mass is 9.92. The van der Waals surface area contributed by atoms with E-state index in [9.17, 15) is 0 Å². The maximum atomic E-state index is 8.80. The first-order valence-electron chi connectivity index (χ1n) is 9.75. The molecule has 1 aromatic carbocycles. The number of fused-ring (bicyclic) bond motifs is 1. The second-order valence-electron chi connectivity index (χ2n) is 6.94. The highest BCUT2D eigenvalue weighted by Crippen LogP contribution is 2.31. The number of aromatic nitrogens is 3. The van der Waals surface area contributed by atoms with Crippen molar-refractivity contribution in [3.63, 3.8) is 0 Å². The van der Waals surface area contributed by atoms with Crippen LogP contribution in [0.4, 0.5) is 0 Å². The Morgan fingerprint density at radius 3 is 2.86 bits per heavy atom. The molecular formula is C23H24N4O. The fourth-order valence-corrected chi connectivity index (χ4v) is 3.61. The Kier molecular flexibility index (Phi) is 5.81. The van der Waals surface area contributed by atoms with Crippen LogP contribution in [0.25, 0.3) is 5.82 Å². The molecule has 2 N–H and O–H groups in total. The molecule has 0 aliphatic heterocycles. The molecule has 0 fully saturated rings. The third kappa shape index (κ3) is 4.14. The predicted molar refractivity (Wildman–Crippen MR) is 109 cm³/mol. The highest BCUT2D eigenvalue weighted by Gasteiger charge is 2.24. The Morgan fingerprint density at radius 2 is 2.07 bits per heavy atom. The summed E-state index contributed by atoms with van der Waals surface area (Å²) in [4.78, 5) is 4.44. The van der Waals surface area contributed by atoms with E-state index in [1.807, 2.05) is 41.2 Å². The lowest BCUT2D eigenvalue weighted by Crippen LogP contribution is -2.25. The van der Waals surface area contributed by atoms with Gasteiger partial charge in [-0.2, -0.15) is 5.10 Å². The molecule has 0 saturated carbocycles. The summed E-state index contributed by atoms with van der Waals surface area (Å²) in [5, 5.41) is 17.1. The number of nitrogens with zero attached hydrogens (tertiary/aromatic N) is 3. The molecule has 2 aromatic heterocycles. The Bertz CT molecular complexity index is 967. The van der Waals surface area contributed by atoms with Gasteiger partial charge >= 0.3 is 0 Å². The van der Waals surface area contributed by atoms with Gasteiger partial charge in [-0.05, 0) is 49.1 Å². The summed E-state index contributed by atoms with van der Waals surface area (Å²) in [6, 6.07) is 14.5. The van der Waals surface area contributed by atoms with Crippen molar-refractivity contribution in [2.24, 2.45) is 0 Å². The van der Waals surface area contributed by atoms with Crippen molar-refractivity contribution in [3.05, 3.63) is 77.2 Å². The minimum Gasteiger partial charge on any atom is -0.395 e. The van der Waals surface area contributed by atoms with E-state index in [1.54, 1.807) is 6.20 Å². The first-order chi connectivity index (χ1) is 13.8. The Labute approximate surface area is 165 Å². The third-order valence-electron chi connectivity index (χ3n) is 5.03. The van der Waals surface area contributed by atoms with Gasteiger partial charge in [-0.1, -0.05) is 30.0 Å². The number of benzene rings is 1. The topological polar surface area (TPSA) is 63.0 Å². The molecule has 1 aliphatic carbocycles. The fourth-order valence-electron chi connectivity index (χ4n) is 3.61. The van der Waals surface area contributed by atoms with E-state index in [-0.39, 0.29) is 6.61 Å². The third-order valence-corrected chi connectivity index (χ3v) is 5.03. The van der Waals surface area contributed by atoms with E-state index in [2.05, 4.69) is 39.4 Å². The Morgan fingerprint density at radius 1 is 1.18 bits per heavy atom. The standard InChI is InChI=1S/C23H24N4O/c28-15-4-2-6-18-10-12-19(13-11-18)16-25-21-7-5-8-22-20(21)17-26-27(22)23-9-1-3-14-24-23/h1,3,9-14,17,21,25,28H,4-5,7-8,15-16H2. The van der Waals surface area contributed by atoms with Crippen molar-refractivity contribution < 1.29 is 5.11 Å². The highest BCUT2D eigenvalue weighted by atomic mass is 16.2. The van der Waals surface area contributed by atoms with Crippen LogP contribution in [0.5, 0.6) is 0 Å². The van der Waals surface area contributed by atoms with E-state index in [1.165, 1.54) is 16.8 Å². The fraction of sp³-hybridized carbons (Fsp3) is 0.304. The van der Waals surface area contributed by atoms with Gasteiger partial charge in [-0.3, -0.25) is 0 Å². The maximum absolute atomic E-state index is 8.80. The Hall–Kier alpha value is -2.94. The molecule has 5 nitrogen and oxygen atoms in total. The minimum atomic E-state index is 0.106. The van der Waals surface area contributed by atoms with Crippen molar-refractivity contribution in [1.82, 2.24) is 20.1 Å². The predicted octanol–water partition coefficient (Wildman–Crippen LogP) is 3.17. The molecule has 1 unspecified atom stereocenters. The van der Waals surface area contributed by atoms with Crippen LogP contribution in [-0.4, -0.2) is 26.5 Å². The van der Waals surface area contributed by atoms with Gasteiger partial charge in [0.1, 0.15) is 0 Å². The average Bonchev–Trinajstić information content (AvgIpc) is 3.19. The zero-order valence-corrected chi connectivity index (χ0v) is 15.8. The number of pyridine rings is 1. The van der Waals surface area contributed by atoms with Gasteiger partial charge in [-0.15, -0.1) is 0 Å². The highest BCUT2D eigenvalue weighted by molar-refractivity contribution is 5.36. The molecule has 0 saturated heterocycles. The lowest BCUT2D eigenvalue weighted by Gasteiger charge is -2.24. The molecule has 0 amide bonds. The summed E-state index contributed by atoms with van der Waals surface area (Å²) >= 11 is 0. The van der Waals surface area contributed by atoms with Gasteiger partial charge in [0.15, 0.2) is 5.82 Å². The zero-order chi connectivity index (χ0) is 19.2. The van der Waals surface area contributed by atoms with Gasteiger partial charge in [0.05, 0.1) is 18.5 Å². The van der Waals surface area contributed by atoms with Crippen LogP contribution in [0, 0.1) is 11.8 Å². The van der Waals surface area contributed by atoms with Crippen LogP contribution in [0.15, 0.2) is 54.9 Å². The van der Waals surface area contributed by atoms with Crippen molar-refractivity contribution in [3.8, 4) is 17.7 Å². The summed E-state index contributed by atoms with van der Waals surface area (Å²) in [6.45, 7) is 0.915. The number of hydrogen-bond acceptors (Lipinski definition) is 4. The van der Waals surface area contributed by atoms with E-state index in [4.69, 9.17) is 5.11 Å². The number of rotatable bonds is 5. The van der Waals surface area contributed by atoms with E-state index >= 15 is 0 Å².